The summed E-state index contributed by atoms with van der Waals surface area (Å²) in [5.74, 6) is -3.61. The Morgan fingerprint density at radius 3 is 2.25 bits per heavy atom. The van der Waals surface area contributed by atoms with Gasteiger partial charge in [-0.1, -0.05) is 49.2 Å². The van der Waals surface area contributed by atoms with E-state index in [1.165, 1.54) is 18.2 Å². The van der Waals surface area contributed by atoms with Gasteiger partial charge in [0.2, 0.25) is 5.82 Å². The Hall–Kier alpha value is -3.28. The number of hydrogen-bond acceptors (Lipinski definition) is 3. The van der Waals surface area contributed by atoms with E-state index in [9.17, 15) is 18.0 Å². The molecule has 3 aromatic carbocycles. The molecule has 36 heavy (non-hydrogen) atoms. The molecule has 0 spiro atoms. The molecular weight excluding hydrogens is 465 g/mol. The third kappa shape index (κ3) is 5.92. The normalized spacial score (nSPS) is 17.6. The SMILES string of the molecule is CCCCOc1ccc(C2CCC(C(=O)Oc3ccc(-c4ccc(C)cc4)c(F)c3F)CC2)cc1F. The standard InChI is InChI=1S/C30H31F3O3/c1-3-4-17-35-26-15-13-23(18-25(26)31)20-9-11-22(12-10-20)30(34)36-27-16-14-24(28(32)29(27)33)21-7-5-19(2)6-8-21/h5-8,13-16,18,20,22H,3-4,9-12,17H2,1-2H3. The smallest absolute Gasteiger partial charge is 0.314 e. The van der Waals surface area contributed by atoms with Gasteiger partial charge in [-0.15, -0.1) is 0 Å². The maximum Gasteiger partial charge on any atom is 0.314 e. The molecule has 0 radical (unpaired) electrons. The summed E-state index contributed by atoms with van der Waals surface area (Å²) >= 11 is 0. The van der Waals surface area contributed by atoms with Crippen LogP contribution in [-0.4, -0.2) is 12.6 Å². The Morgan fingerprint density at radius 2 is 1.58 bits per heavy atom. The highest BCUT2D eigenvalue weighted by Crippen LogP contribution is 2.38. The molecule has 0 N–H and O–H groups in total. The van der Waals surface area contributed by atoms with Crippen LogP contribution in [0.5, 0.6) is 11.5 Å². The molecule has 0 heterocycles. The molecule has 3 nitrogen and oxygen atoms in total. The van der Waals surface area contributed by atoms with Crippen molar-refractivity contribution in [2.24, 2.45) is 5.92 Å². The third-order valence-corrected chi connectivity index (χ3v) is 6.86. The van der Waals surface area contributed by atoms with E-state index in [4.69, 9.17) is 9.47 Å². The predicted molar refractivity (Wildman–Crippen MR) is 134 cm³/mol. The lowest BCUT2D eigenvalue weighted by molar-refractivity contribution is -0.140. The second kappa shape index (κ2) is 11.6. The van der Waals surface area contributed by atoms with Crippen molar-refractivity contribution in [1.29, 1.82) is 0 Å². The highest BCUT2D eigenvalue weighted by Gasteiger charge is 2.30. The summed E-state index contributed by atoms with van der Waals surface area (Å²) in [5, 5.41) is 0. The molecule has 0 saturated heterocycles. The average Bonchev–Trinajstić information content (AvgIpc) is 2.89. The molecule has 1 fully saturated rings. The number of unbranched alkanes of at least 4 members (excludes halogenated alkanes) is 1. The Morgan fingerprint density at radius 1 is 0.889 bits per heavy atom. The second-order valence-electron chi connectivity index (χ2n) is 9.47. The Balaban J connectivity index is 1.35. The van der Waals surface area contributed by atoms with Crippen molar-refractivity contribution < 1.29 is 27.4 Å². The zero-order valence-electron chi connectivity index (χ0n) is 20.7. The van der Waals surface area contributed by atoms with Crippen LogP contribution in [0, 0.1) is 30.3 Å². The van der Waals surface area contributed by atoms with Gasteiger partial charge in [0, 0.05) is 5.56 Å². The van der Waals surface area contributed by atoms with Gasteiger partial charge in [-0.25, -0.2) is 8.78 Å². The van der Waals surface area contributed by atoms with Crippen molar-refractivity contribution in [2.75, 3.05) is 6.61 Å². The first-order valence-corrected chi connectivity index (χ1v) is 12.6. The minimum Gasteiger partial charge on any atom is -0.491 e. The summed E-state index contributed by atoms with van der Waals surface area (Å²) in [4.78, 5) is 12.7. The molecule has 1 aliphatic rings. The molecule has 6 heteroatoms. The highest BCUT2D eigenvalue weighted by atomic mass is 19.2. The van der Waals surface area contributed by atoms with Crippen molar-refractivity contribution in [3.05, 3.63) is 83.2 Å². The molecule has 3 aromatic rings. The van der Waals surface area contributed by atoms with Crippen LogP contribution in [-0.2, 0) is 4.79 Å². The molecule has 0 aromatic heterocycles. The van der Waals surface area contributed by atoms with Crippen LogP contribution in [0.3, 0.4) is 0 Å². The maximum absolute atomic E-state index is 14.7. The highest BCUT2D eigenvalue weighted by molar-refractivity contribution is 5.76. The molecule has 0 bridgehead atoms. The Bertz CT molecular complexity index is 1200. The van der Waals surface area contributed by atoms with E-state index in [1.807, 2.05) is 32.0 Å². The van der Waals surface area contributed by atoms with Gasteiger partial charge in [0.05, 0.1) is 12.5 Å². The predicted octanol–water partition coefficient (Wildman–Crippen LogP) is 8.14. The number of esters is 1. The Labute approximate surface area is 210 Å². The first-order valence-electron chi connectivity index (χ1n) is 12.6. The lowest BCUT2D eigenvalue weighted by Crippen LogP contribution is -2.25. The molecule has 1 saturated carbocycles. The molecule has 1 aliphatic carbocycles. The zero-order chi connectivity index (χ0) is 25.7. The number of benzene rings is 3. The number of hydrogen-bond donors (Lipinski definition) is 0. The van der Waals surface area contributed by atoms with Crippen LogP contribution in [0.25, 0.3) is 11.1 Å². The van der Waals surface area contributed by atoms with Crippen molar-refractivity contribution in [1.82, 2.24) is 0 Å². The molecule has 0 aliphatic heterocycles. The van der Waals surface area contributed by atoms with Crippen LogP contribution < -0.4 is 9.47 Å². The van der Waals surface area contributed by atoms with E-state index in [2.05, 4.69) is 0 Å². The molecule has 190 valence electrons. The largest absolute Gasteiger partial charge is 0.491 e. The van der Waals surface area contributed by atoms with E-state index in [0.717, 1.165) is 24.0 Å². The van der Waals surface area contributed by atoms with Crippen LogP contribution in [0.1, 0.15) is 62.5 Å². The van der Waals surface area contributed by atoms with E-state index >= 15 is 0 Å². The van der Waals surface area contributed by atoms with Gasteiger partial charge in [0.15, 0.2) is 23.1 Å². The molecular formula is C30H31F3O3. The number of aryl methyl sites for hydroxylation is 1. The first kappa shape index (κ1) is 25.8. The second-order valence-corrected chi connectivity index (χ2v) is 9.47. The summed E-state index contributed by atoms with van der Waals surface area (Å²) in [7, 11) is 0. The van der Waals surface area contributed by atoms with Crippen LogP contribution in [0.2, 0.25) is 0 Å². The van der Waals surface area contributed by atoms with Crippen molar-refractivity contribution in [2.45, 2.75) is 58.3 Å². The van der Waals surface area contributed by atoms with Crippen LogP contribution >= 0.6 is 0 Å². The topological polar surface area (TPSA) is 35.5 Å². The molecule has 0 atom stereocenters. The van der Waals surface area contributed by atoms with Gasteiger partial charge in [0.25, 0.3) is 0 Å². The Kier molecular flexibility index (Phi) is 8.34. The lowest BCUT2D eigenvalue weighted by atomic mass is 9.78. The van der Waals surface area contributed by atoms with Gasteiger partial charge in [-0.2, -0.15) is 4.39 Å². The fourth-order valence-electron chi connectivity index (χ4n) is 4.64. The minimum absolute atomic E-state index is 0.113. The zero-order valence-corrected chi connectivity index (χ0v) is 20.7. The van der Waals surface area contributed by atoms with Crippen LogP contribution in [0.4, 0.5) is 13.2 Å². The van der Waals surface area contributed by atoms with Crippen molar-refractivity contribution >= 4 is 5.97 Å². The summed E-state index contributed by atoms with van der Waals surface area (Å²) in [6.45, 7) is 4.44. The summed E-state index contributed by atoms with van der Waals surface area (Å²) in [6, 6.07) is 14.9. The van der Waals surface area contributed by atoms with E-state index < -0.39 is 29.3 Å². The summed E-state index contributed by atoms with van der Waals surface area (Å²) in [5.41, 5.74) is 2.55. The van der Waals surface area contributed by atoms with Gasteiger partial charge < -0.3 is 9.47 Å². The maximum atomic E-state index is 14.7. The fourth-order valence-corrected chi connectivity index (χ4v) is 4.64. The van der Waals surface area contributed by atoms with Gasteiger partial charge in [0.1, 0.15) is 0 Å². The molecule has 4 rings (SSSR count). The number of rotatable bonds is 8. The third-order valence-electron chi connectivity index (χ3n) is 6.86. The first-order chi connectivity index (χ1) is 17.4. The number of carbonyl (C=O) groups excluding carboxylic acids is 1. The number of carbonyl (C=O) groups is 1. The van der Waals surface area contributed by atoms with Crippen LogP contribution in [0.15, 0.2) is 54.6 Å². The van der Waals surface area contributed by atoms with Gasteiger partial charge >= 0.3 is 5.97 Å². The van der Waals surface area contributed by atoms with Gasteiger partial charge in [-0.3, -0.25) is 4.79 Å². The monoisotopic (exact) mass is 496 g/mol. The average molecular weight is 497 g/mol. The molecule has 0 amide bonds. The van der Waals surface area contributed by atoms with E-state index in [0.29, 0.717) is 37.9 Å². The number of ether oxygens (including phenoxy) is 2. The summed E-state index contributed by atoms with van der Waals surface area (Å²) < 4.78 is 54.6. The molecule has 0 unspecified atom stereocenters. The number of halogens is 3. The van der Waals surface area contributed by atoms with E-state index in [-0.39, 0.29) is 23.0 Å². The lowest BCUT2D eigenvalue weighted by Gasteiger charge is -2.27. The minimum atomic E-state index is -1.17. The van der Waals surface area contributed by atoms with Gasteiger partial charge in [-0.05, 0) is 80.3 Å². The van der Waals surface area contributed by atoms with E-state index in [1.54, 1.807) is 18.2 Å². The quantitative estimate of drug-likeness (QED) is 0.179. The van der Waals surface area contributed by atoms with Crippen molar-refractivity contribution in [3.8, 4) is 22.6 Å². The fraction of sp³-hybridized carbons (Fsp3) is 0.367. The van der Waals surface area contributed by atoms with Crippen molar-refractivity contribution in [3.63, 3.8) is 0 Å². The summed E-state index contributed by atoms with van der Waals surface area (Å²) in [6.07, 6.45) is 4.27.